The van der Waals surface area contributed by atoms with Crippen LogP contribution >= 0.6 is 0 Å². The highest BCUT2D eigenvalue weighted by Gasteiger charge is 2.29. The van der Waals surface area contributed by atoms with Crippen molar-refractivity contribution in [2.24, 2.45) is 23.7 Å². The van der Waals surface area contributed by atoms with Crippen molar-refractivity contribution >= 4 is 0 Å². The minimum atomic E-state index is -0.00728. The molecule has 1 heterocycles. The Morgan fingerprint density at radius 3 is 0.987 bits per heavy atom. The van der Waals surface area contributed by atoms with Crippen LogP contribution in [0.25, 0.3) is 0 Å². The molecule has 10 heteroatoms. The molecule has 0 N–H and O–H groups in total. The largest absolute Gasteiger partial charge is 0.496 e. The van der Waals surface area contributed by atoms with Gasteiger partial charge in [0.25, 0.3) is 0 Å². The zero-order valence-electron chi connectivity index (χ0n) is 51.7. The molecule has 4 aromatic rings. The number of methoxy groups -OCH3 is 2. The van der Waals surface area contributed by atoms with Gasteiger partial charge in [-0.25, -0.2) is 0 Å². The van der Waals surface area contributed by atoms with Crippen LogP contribution in [0.15, 0.2) is 97.1 Å². The van der Waals surface area contributed by atoms with Crippen LogP contribution in [0.4, 0.5) is 0 Å². The third-order valence-corrected chi connectivity index (χ3v) is 15.9. The number of hydrogen-bond acceptors (Lipinski definition) is 10. The molecule has 1 saturated heterocycles. The van der Waals surface area contributed by atoms with Gasteiger partial charge in [-0.1, -0.05) is 140 Å². The standard InChI is InChI=1S/C68H108N4O6/c1-49(2)33-61-45-75-53(9)41-69(11)64(36-52(7)8)48-78-66(40-58-31-27-56(28-32-58)38-60-22-18-20-24-68(60)74-16)44-72(14)62(34-50(3)4)46-76-54(10)42-70(12)63(35-51(5)6)47-77-65(43-71(61)13)39-57-29-25-55(26-30-57)37-59-21-17-19-23-67(59)73-15/h17-32,49-54,61-66H,33-48H2,1-16H3/t53-,54-,61+,62+,63+,64+,65-,66-/m1/s1. The van der Waals surface area contributed by atoms with Crippen molar-refractivity contribution in [2.75, 3.05) is 95.0 Å². The molecule has 78 heavy (non-hydrogen) atoms. The Labute approximate surface area is 475 Å². The van der Waals surface area contributed by atoms with E-state index in [0.29, 0.717) is 50.1 Å². The van der Waals surface area contributed by atoms with Crippen molar-refractivity contribution in [3.63, 3.8) is 0 Å². The maximum absolute atomic E-state index is 7.22. The van der Waals surface area contributed by atoms with Crippen LogP contribution in [-0.4, -0.2) is 163 Å². The van der Waals surface area contributed by atoms with Gasteiger partial charge < -0.3 is 28.4 Å². The molecule has 0 unspecified atom stereocenters. The molecule has 10 nitrogen and oxygen atoms in total. The monoisotopic (exact) mass is 1080 g/mol. The lowest BCUT2D eigenvalue weighted by atomic mass is 9.99. The van der Waals surface area contributed by atoms with Gasteiger partial charge in [0.15, 0.2) is 0 Å². The molecular weight excluding hydrogens is 969 g/mol. The maximum atomic E-state index is 7.22. The number of ether oxygens (including phenoxy) is 6. The predicted octanol–water partition coefficient (Wildman–Crippen LogP) is 12.7. The Kier molecular flexibility index (Phi) is 28.2. The summed E-state index contributed by atoms with van der Waals surface area (Å²) < 4.78 is 39.6. The average molecular weight is 1080 g/mol. The highest BCUT2D eigenvalue weighted by atomic mass is 16.5. The fourth-order valence-electron chi connectivity index (χ4n) is 11.5. The second kappa shape index (κ2) is 33.8. The minimum absolute atomic E-state index is 0.00728. The Balaban J connectivity index is 1.41. The van der Waals surface area contributed by atoms with E-state index in [1.165, 1.54) is 33.4 Å². The summed E-state index contributed by atoms with van der Waals surface area (Å²) in [5, 5.41) is 0. The Bertz CT molecular complexity index is 2060. The molecule has 1 aliphatic rings. The lowest BCUT2D eigenvalue weighted by Crippen LogP contribution is -2.47. The SMILES string of the molecule is COc1ccccc1Cc1ccc(C[C@@H]2CN(C)[C@@H](CC(C)C)CO[C@H](C)CN(C)[C@@H](CC(C)C)CO[C@H](Cc3ccc(Cc4ccccc4OC)cc3)CN(C)[C@@H](CC(C)C)CO[C@H](C)CN(C)[C@@H](CC(C)C)CO2)cc1. The van der Waals surface area contributed by atoms with Gasteiger partial charge in [0, 0.05) is 63.2 Å². The average Bonchev–Trinajstić information content (AvgIpc) is 3.40. The Morgan fingerprint density at radius 1 is 0.397 bits per heavy atom. The number of benzene rings is 4. The number of likely N-dealkylation sites (N-methyl/N-ethyl adjacent to an activating group) is 4. The van der Waals surface area contributed by atoms with E-state index >= 15 is 0 Å². The predicted molar refractivity (Wildman–Crippen MR) is 326 cm³/mol. The van der Waals surface area contributed by atoms with E-state index in [-0.39, 0.29) is 48.6 Å². The molecule has 1 aliphatic heterocycles. The van der Waals surface area contributed by atoms with E-state index in [9.17, 15) is 0 Å². The van der Waals surface area contributed by atoms with E-state index < -0.39 is 0 Å². The normalized spacial score (nSPS) is 24.5. The zero-order valence-corrected chi connectivity index (χ0v) is 51.7. The fourth-order valence-corrected chi connectivity index (χ4v) is 11.5. The van der Waals surface area contributed by atoms with Gasteiger partial charge in [-0.15, -0.1) is 0 Å². The van der Waals surface area contributed by atoms with Gasteiger partial charge in [0.05, 0.1) is 65.1 Å². The van der Waals surface area contributed by atoms with Gasteiger partial charge in [0.1, 0.15) is 11.5 Å². The first-order valence-corrected chi connectivity index (χ1v) is 29.9. The number of rotatable bonds is 18. The first-order valence-electron chi connectivity index (χ1n) is 29.9. The highest BCUT2D eigenvalue weighted by molar-refractivity contribution is 5.39. The molecule has 0 amide bonds. The van der Waals surface area contributed by atoms with E-state index in [0.717, 1.165) is 89.0 Å². The van der Waals surface area contributed by atoms with Gasteiger partial charge in [-0.3, -0.25) is 19.6 Å². The summed E-state index contributed by atoms with van der Waals surface area (Å²) >= 11 is 0. The third-order valence-electron chi connectivity index (χ3n) is 15.9. The van der Waals surface area contributed by atoms with Crippen LogP contribution in [0.1, 0.15) is 128 Å². The van der Waals surface area contributed by atoms with Crippen LogP contribution < -0.4 is 9.47 Å². The summed E-state index contributed by atoms with van der Waals surface area (Å²) in [7, 11) is 12.6. The van der Waals surface area contributed by atoms with Gasteiger partial charge in [-0.2, -0.15) is 0 Å². The molecule has 0 bridgehead atoms. The summed E-state index contributed by atoms with van der Waals surface area (Å²) in [6.45, 7) is 29.1. The van der Waals surface area contributed by atoms with Crippen LogP contribution in [0.5, 0.6) is 11.5 Å². The summed E-state index contributed by atoms with van der Waals surface area (Å²) in [6, 6.07) is 35.9. The highest BCUT2D eigenvalue weighted by Crippen LogP contribution is 2.26. The molecule has 436 valence electrons. The van der Waals surface area contributed by atoms with Crippen LogP contribution in [0.3, 0.4) is 0 Å². The van der Waals surface area contributed by atoms with Gasteiger partial charge >= 0.3 is 0 Å². The molecule has 8 atom stereocenters. The molecule has 5 rings (SSSR count). The third kappa shape index (κ3) is 23.0. The molecule has 0 radical (unpaired) electrons. The van der Waals surface area contributed by atoms with Crippen LogP contribution in [-0.2, 0) is 44.6 Å². The van der Waals surface area contributed by atoms with Gasteiger partial charge in [0.2, 0.25) is 0 Å². The van der Waals surface area contributed by atoms with Crippen molar-refractivity contribution in [1.29, 1.82) is 0 Å². The quantitative estimate of drug-likeness (QED) is 0.0962. The van der Waals surface area contributed by atoms with Crippen molar-refractivity contribution in [1.82, 2.24) is 19.6 Å². The fraction of sp³-hybridized carbons (Fsp3) is 0.647. The smallest absolute Gasteiger partial charge is 0.122 e. The minimum Gasteiger partial charge on any atom is -0.496 e. The second-order valence-electron chi connectivity index (χ2n) is 25.1. The molecule has 0 saturated carbocycles. The Hall–Kier alpha value is -3.84. The Morgan fingerprint density at radius 2 is 0.679 bits per heavy atom. The van der Waals surface area contributed by atoms with Crippen LogP contribution in [0, 0.1) is 23.7 Å². The summed E-state index contributed by atoms with van der Waals surface area (Å²) in [5.74, 6) is 3.94. The van der Waals surface area contributed by atoms with Gasteiger partial charge in [-0.05, 0) is 150 Å². The topological polar surface area (TPSA) is 68.3 Å². The molecule has 1 fully saturated rings. The zero-order chi connectivity index (χ0) is 56.7. The van der Waals surface area contributed by atoms with E-state index in [4.69, 9.17) is 28.4 Å². The molecule has 0 aromatic heterocycles. The van der Waals surface area contributed by atoms with E-state index in [1.807, 2.05) is 24.3 Å². The number of hydrogen-bond donors (Lipinski definition) is 0. The van der Waals surface area contributed by atoms with Crippen molar-refractivity contribution in [3.8, 4) is 11.5 Å². The maximum Gasteiger partial charge on any atom is 0.122 e. The second-order valence-corrected chi connectivity index (χ2v) is 25.1. The molecule has 4 aromatic carbocycles. The van der Waals surface area contributed by atoms with Crippen molar-refractivity contribution in [2.45, 2.75) is 169 Å². The summed E-state index contributed by atoms with van der Waals surface area (Å²) in [4.78, 5) is 10.1. The molecule has 0 spiro atoms. The van der Waals surface area contributed by atoms with Crippen LogP contribution in [0.2, 0.25) is 0 Å². The first-order chi connectivity index (χ1) is 37.3. The molecule has 0 aliphatic carbocycles. The lowest BCUT2D eigenvalue weighted by Gasteiger charge is -2.37. The molecular formula is C68H108N4O6. The number of para-hydroxylation sites is 2. The summed E-state index contributed by atoms with van der Waals surface area (Å²) in [5.41, 5.74) is 7.51. The first kappa shape index (κ1) is 65.0. The van der Waals surface area contributed by atoms with Crippen molar-refractivity contribution < 1.29 is 28.4 Å². The van der Waals surface area contributed by atoms with E-state index in [2.05, 4.69) is 190 Å². The van der Waals surface area contributed by atoms with E-state index in [1.54, 1.807) is 14.2 Å². The number of nitrogens with zero attached hydrogens (tertiary/aromatic N) is 4. The van der Waals surface area contributed by atoms with Crippen molar-refractivity contribution in [3.05, 3.63) is 130 Å². The summed E-state index contributed by atoms with van der Waals surface area (Å²) in [6.07, 6.45) is 7.56. The lowest BCUT2D eigenvalue weighted by molar-refractivity contribution is -0.0536.